The highest BCUT2D eigenvalue weighted by Gasteiger charge is 2.47. The van der Waals surface area contributed by atoms with Gasteiger partial charge in [0.15, 0.2) is 0 Å². The number of aromatic nitrogens is 2. The third-order valence-corrected chi connectivity index (χ3v) is 7.51. The summed E-state index contributed by atoms with van der Waals surface area (Å²) in [6, 6.07) is 16.8. The first-order chi connectivity index (χ1) is 17.9. The van der Waals surface area contributed by atoms with E-state index in [2.05, 4.69) is 20.6 Å². The van der Waals surface area contributed by atoms with Crippen molar-refractivity contribution < 1.29 is 13.6 Å². The second-order valence-corrected chi connectivity index (χ2v) is 9.94. The van der Waals surface area contributed by atoms with Crippen LogP contribution >= 0.6 is 0 Å². The van der Waals surface area contributed by atoms with Crippen LogP contribution in [0.3, 0.4) is 0 Å². The number of carbonyl (C=O) groups excluding carboxylic acids is 1. The molecule has 6 nitrogen and oxygen atoms in total. The van der Waals surface area contributed by atoms with Crippen molar-refractivity contribution in [1.29, 1.82) is 0 Å². The second-order valence-electron chi connectivity index (χ2n) is 9.94. The van der Waals surface area contributed by atoms with E-state index in [1.54, 1.807) is 47.5 Å². The highest BCUT2D eigenvalue weighted by Crippen LogP contribution is 2.49. The highest BCUT2D eigenvalue weighted by atomic mass is 19.1. The average molecular weight is 500 g/mol. The van der Waals surface area contributed by atoms with E-state index >= 15 is 4.39 Å². The molecule has 2 N–H and O–H groups in total. The van der Waals surface area contributed by atoms with Crippen LogP contribution in [0, 0.1) is 17.6 Å². The number of hydrogen-bond donors (Lipinski definition) is 2. The van der Waals surface area contributed by atoms with Gasteiger partial charge < -0.3 is 10.6 Å². The SMILES string of the molecule is CC1(Nc2nccc(N(CC3CCNCC3)C(=O)c3ccc4ccccc4c3F)n2)c2ccc(F)cc21. The van der Waals surface area contributed by atoms with Crippen LogP contribution in [0.2, 0.25) is 0 Å². The van der Waals surface area contributed by atoms with Gasteiger partial charge in [0.1, 0.15) is 17.5 Å². The molecule has 1 unspecified atom stereocenters. The zero-order valence-electron chi connectivity index (χ0n) is 20.5. The number of nitrogens with one attached hydrogen (secondary N) is 2. The van der Waals surface area contributed by atoms with E-state index in [0.29, 0.717) is 23.7 Å². The van der Waals surface area contributed by atoms with Crippen LogP contribution in [0.4, 0.5) is 20.5 Å². The molecule has 8 heteroatoms. The molecule has 1 atom stereocenters. The molecule has 0 spiro atoms. The Bertz CT molecular complexity index is 1500. The Balaban J connectivity index is 1.34. The first kappa shape index (κ1) is 23.5. The molecular weight excluding hydrogens is 472 g/mol. The topological polar surface area (TPSA) is 70.2 Å². The molecule has 1 amide bonds. The second kappa shape index (κ2) is 9.19. The minimum Gasteiger partial charge on any atom is -0.341 e. The lowest BCUT2D eigenvalue weighted by atomic mass is 9.97. The van der Waals surface area contributed by atoms with Crippen molar-refractivity contribution in [3.8, 4) is 0 Å². The monoisotopic (exact) mass is 499 g/mol. The molecule has 1 aliphatic heterocycles. The quantitative estimate of drug-likeness (QED) is 0.380. The summed E-state index contributed by atoms with van der Waals surface area (Å²) in [5.41, 5.74) is 1.26. The molecule has 0 bridgehead atoms. The van der Waals surface area contributed by atoms with Gasteiger partial charge in [0.25, 0.3) is 5.91 Å². The summed E-state index contributed by atoms with van der Waals surface area (Å²) in [4.78, 5) is 24.4. The molecule has 2 heterocycles. The zero-order chi connectivity index (χ0) is 25.6. The molecule has 37 heavy (non-hydrogen) atoms. The fraction of sp³-hybridized carbons (Fsp3) is 0.276. The van der Waals surface area contributed by atoms with Crippen molar-refractivity contribution in [2.24, 2.45) is 5.92 Å². The van der Waals surface area contributed by atoms with Crippen molar-refractivity contribution in [3.05, 3.63) is 95.2 Å². The highest BCUT2D eigenvalue weighted by molar-refractivity contribution is 6.08. The molecule has 0 radical (unpaired) electrons. The van der Waals surface area contributed by atoms with E-state index in [-0.39, 0.29) is 17.3 Å². The van der Waals surface area contributed by atoms with Crippen LogP contribution in [-0.4, -0.2) is 35.5 Å². The summed E-state index contributed by atoms with van der Waals surface area (Å²) < 4.78 is 29.3. The number of rotatable bonds is 6. The van der Waals surface area contributed by atoms with Crippen molar-refractivity contribution in [1.82, 2.24) is 15.3 Å². The standard InChI is InChI=1S/C29H27F2N5O/c1-29(23-9-7-20(30)16-24(23)29)35-28-33-15-12-25(34-28)36(17-18-10-13-32-14-11-18)27(37)22-8-6-19-4-2-3-5-21(19)26(22)31/h2-9,12,15-16,18,32H,10-11,13-14,17H2,1H3,(H,33,34,35). The minimum absolute atomic E-state index is 0.0118. The third-order valence-electron chi connectivity index (χ3n) is 7.51. The van der Waals surface area contributed by atoms with Crippen molar-refractivity contribution in [2.75, 3.05) is 29.9 Å². The minimum atomic E-state index is -0.572. The molecule has 1 fully saturated rings. The van der Waals surface area contributed by atoms with Gasteiger partial charge in [0, 0.05) is 18.1 Å². The molecule has 1 aliphatic carbocycles. The average Bonchev–Trinajstić information content (AvgIpc) is 3.49. The van der Waals surface area contributed by atoms with Crippen LogP contribution < -0.4 is 15.5 Å². The Hall–Kier alpha value is -3.91. The van der Waals surface area contributed by atoms with E-state index in [4.69, 9.17) is 0 Å². The number of halogens is 2. The van der Waals surface area contributed by atoms with Crippen LogP contribution in [0.25, 0.3) is 10.8 Å². The smallest absolute Gasteiger partial charge is 0.262 e. The number of hydrogen-bond acceptors (Lipinski definition) is 5. The number of anilines is 2. The Morgan fingerprint density at radius 2 is 1.89 bits per heavy atom. The fourth-order valence-electron chi connectivity index (χ4n) is 5.32. The summed E-state index contributed by atoms with van der Waals surface area (Å²) in [6.45, 7) is 4.11. The van der Waals surface area contributed by atoms with Crippen LogP contribution in [0.15, 0.2) is 66.9 Å². The summed E-state index contributed by atoms with van der Waals surface area (Å²) in [5, 5.41) is 7.78. The lowest BCUT2D eigenvalue weighted by Crippen LogP contribution is -2.40. The molecule has 4 aromatic rings. The van der Waals surface area contributed by atoms with Crippen LogP contribution in [0.1, 0.15) is 41.3 Å². The normalized spacial score (nSPS) is 18.9. The maximum Gasteiger partial charge on any atom is 0.262 e. The first-order valence-corrected chi connectivity index (χ1v) is 12.6. The van der Waals surface area contributed by atoms with E-state index in [9.17, 15) is 9.18 Å². The van der Waals surface area contributed by atoms with Gasteiger partial charge in [-0.15, -0.1) is 0 Å². The molecule has 1 saturated heterocycles. The van der Waals surface area contributed by atoms with Crippen molar-refractivity contribution >= 4 is 28.4 Å². The lowest BCUT2D eigenvalue weighted by molar-refractivity contribution is 0.0976. The third kappa shape index (κ3) is 4.31. The van der Waals surface area contributed by atoms with E-state index in [1.807, 2.05) is 19.1 Å². The van der Waals surface area contributed by atoms with Crippen LogP contribution in [-0.2, 0) is 5.54 Å². The van der Waals surface area contributed by atoms with E-state index < -0.39 is 17.3 Å². The van der Waals surface area contributed by atoms with Gasteiger partial charge >= 0.3 is 0 Å². The van der Waals surface area contributed by atoms with Gasteiger partial charge in [0.05, 0.1) is 11.1 Å². The van der Waals surface area contributed by atoms with E-state index in [1.165, 1.54) is 12.1 Å². The molecular formula is C29H27F2N5O. The van der Waals surface area contributed by atoms with Crippen molar-refractivity contribution in [3.63, 3.8) is 0 Å². The maximum atomic E-state index is 15.5. The number of nitrogens with zero attached hydrogens (tertiary/aromatic N) is 3. The van der Waals surface area contributed by atoms with E-state index in [0.717, 1.165) is 42.4 Å². The van der Waals surface area contributed by atoms with Gasteiger partial charge in [-0.3, -0.25) is 9.69 Å². The Kier molecular flexibility index (Phi) is 5.83. The molecule has 3 aromatic carbocycles. The van der Waals surface area contributed by atoms with Gasteiger partial charge in [0.2, 0.25) is 5.95 Å². The Labute approximate surface area is 213 Å². The maximum absolute atomic E-state index is 15.5. The Morgan fingerprint density at radius 1 is 1.08 bits per heavy atom. The van der Waals surface area contributed by atoms with Crippen molar-refractivity contribution in [2.45, 2.75) is 25.3 Å². The largest absolute Gasteiger partial charge is 0.341 e. The van der Waals surface area contributed by atoms with Crippen LogP contribution in [0.5, 0.6) is 0 Å². The summed E-state index contributed by atoms with van der Waals surface area (Å²) >= 11 is 0. The van der Waals surface area contributed by atoms with Gasteiger partial charge in [-0.2, -0.15) is 4.98 Å². The number of benzene rings is 3. The number of fused-ring (bicyclic) bond motifs is 2. The molecule has 2 aliphatic rings. The summed E-state index contributed by atoms with van der Waals surface area (Å²) in [5.74, 6) is -0.293. The van der Waals surface area contributed by atoms with Gasteiger partial charge in [-0.1, -0.05) is 36.4 Å². The van der Waals surface area contributed by atoms with Gasteiger partial charge in [-0.25, -0.2) is 13.8 Å². The summed E-state index contributed by atoms with van der Waals surface area (Å²) in [7, 11) is 0. The molecule has 6 rings (SSSR count). The summed E-state index contributed by atoms with van der Waals surface area (Å²) in [6.07, 6.45) is 3.42. The number of piperidine rings is 1. The predicted octanol–water partition coefficient (Wildman–Crippen LogP) is 5.24. The lowest BCUT2D eigenvalue weighted by Gasteiger charge is -2.30. The zero-order valence-corrected chi connectivity index (χ0v) is 20.5. The number of amides is 1. The Morgan fingerprint density at radius 3 is 2.70 bits per heavy atom. The molecule has 1 aromatic heterocycles. The molecule has 0 saturated carbocycles. The molecule has 188 valence electrons. The first-order valence-electron chi connectivity index (χ1n) is 12.6. The van der Waals surface area contributed by atoms with Gasteiger partial charge in [-0.05, 0) is 79.6 Å². The predicted molar refractivity (Wildman–Crippen MR) is 140 cm³/mol. The number of carbonyl (C=O) groups is 1. The fourth-order valence-corrected chi connectivity index (χ4v) is 5.32.